The molecule has 0 heterocycles. The van der Waals surface area contributed by atoms with E-state index < -0.39 is 5.97 Å². The van der Waals surface area contributed by atoms with Gasteiger partial charge in [-0.05, 0) is 41.3 Å². The lowest BCUT2D eigenvalue weighted by Crippen LogP contribution is -2.13. The normalized spacial score (nSPS) is 10.7. The number of carbonyl (C=O) groups excluding carboxylic acids is 2. The Hall–Kier alpha value is -3.38. The summed E-state index contributed by atoms with van der Waals surface area (Å²) in [4.78, 5) is 24.6. The van der Waals surface area contributed by atoms with E-state index in [1.165, 1.54) is 13.2 Å². The number of anilines is 1. The third kappa shape index (κ3) is 6.56. The summed E-state index contributed by atoms with van der Waals surface area (Å²) in [6, 6.07) is 22.9. The summed E-state index contributed by atoms with van der Waals surface area (Å²) < 4.78 is 10.5. The monoisotopic (exact) mass is 493 g/mol. The van der Waals surface area contributed by atoms with Crippen LogP contribution in [0.4, 0.5) is 5.69 Å². The molecule has 0 spiro atoms. The molecule has 1 N–H and O–H groups in total. The average molecular weight is 494 g/mol. The largest absolute Gasteiger partial charge is 0.493 e. The summed E-state index contributed by atoms with van der Waals surface area (Å²) in [5, 5.41) is 3.58. The van der Waals surface area contributed by atoms with Gasteiger partial charge in [0.1, 0.15) is 5.75 Å². The fourth-order valence-electron chi connectivity index (χ4n) is 3.01. The first-order chi connectivity index (χ1) is 15.6. The van der Waals surface area contributed by atoms with E-state index in [2.05, 4.69) is 33.4 Å². The van der Waals surface area contributed by atoms with Crippen LogP contribution in [0.5, 0.6) is 5.75 Å². The predicted octanol–water partition coefficient (Wildman–Crippen LogP) is 5.96. The maximum Gasteiger partial charge on any atom is 0.339 e. The number of amides is 1. The average Bonchev–Trinajstić information content (AvgIpc) is 2.83. The van der Waals surface area contributed by atoms with Crippen LogP contribution < -0.4 is 10.1 Å². The molecular weight excluding hydrogens is 470 g/mol. The van der Waals surface area contributed by atoms with Crippen molar-refractivity contribution in [3.05, 3.63) is 90.0 Å². The first-order valence-corrected chi connectivity index (χ1v) is 11.3. The van der Waals surface area contributed by atoms with Crippen LogP contribution in [0.2, 0.25) is 0 Å². The van der Waals surface area contributed by atoms with Crippen LogP contribution in [0.1, 0.15) is 22.3 Å². The molecule has 3 aromatic rings. The summed E-state index contributed by atoms with van der Waals surface area (Å²) in [6.07, 6.45) is 3.99. The van der Waals surface area contributed by atoms with Crippen LogP contribution in [0.3, 0.4) is 0 Å². The molecule has 0 unspecified atom stereocenters. The smallest absolute Gasteiger partial charge is 0.339 e. The molecule has 0 atom stereocenters. The predicted molar refractivity (Wildman–Crippen MR) is 131 cm³/mol. The highest BCUT2D eigenvalue weighted by molar-refractivity contribution is 9.09. The molecule has 3 aromatic carbocycles. The van der Waals surface area contributed by atoms with Crippen molar-refractivity contribution >= 4 is 39.6 Å². The molecule has 0 aliphatic heterocycles. The molecule has 0 saturated heterocycles. The van der Waals surface area contributed by atoms with E-state index in [1.54, 1.807) is 24.3 Å². The van der Waals surface area contributed by atoms with Crippen LogP contribution in [0, 0.1) is 0 Å². The maximum absolute atomic E-state index is 12.5. The van der Waals surface area contributed by atoms with Crippen molar-refractivity contribution in [2.24, 2.45) is 0 Å². The van der Waals surface area contributed by atoms with Crippen LogP contribution in [0.25, 0.3) is 17.2 Å². The summed E-state index contributed by atoms with van der Waals surface area (Å²) in [5.41, 5.74) is 3.72. The van der Waals surface area contributed by atoms with Crippen molar-refractivity contribution < 1.29 is 19.1 Å². The molecule has 0 saturated carbocycles. The second-order valence-corrected chi connectivity index (χ2v) is 7.69. The van der Waals surface area contributed by atoms with Crippen LogP contribution >= 0.6 is 15.9 Å². The Morgan fingerprint density at radius 3 is 2.38 bits per heavy atom. The lowest BCUT2D eigenvalue weighted by Gasteiger charge is -2.12. The van der Waals surface area contributed by atoms with Gasteiger partial charge in [-0.15, -0.1) is 0 Å². The van der Waals surface area contributed by atoms with Gasteiger partial charge in [0, 0.05) is 17.5 Å². The number of carbonyl (C=O) groups is 2. The zero-order chi connectivity index (χ0) is 22.8. The maximum atomic E-state index is 12.5. The highest BCUT2D eigenvalue weighted by Crippen LogP contribution is 2.24. The molecular formula is C26H24BrNO4. The van der Waals surface area contributed by atoms with E-state index in [4.69, 9.17) is 9.47 Å². The minimum atomic E-state index is -0.534. The summed E-state index contributed by atoms with van der Waals surface area (Å²) in [5.74, 6) is -0.331. The molecule has 3 rings (SSSR count). The van der Waals surface area contributed by atoms with Gasteiger partial charge in [-0.1, -0.05) is 70.5 Å². The summed E-state index contributed by atoms with van der Waals surface area (Å²) in [7, 11) is 1.30. The van der Waals surface area contributed by atoms with Crippen LogP contribution in [-0.4, -0.2) is 30.9 Å². The van der Waals surface area contributed by atoms with Crippen LogP contribution in [-0.2, 0) is 9.53 Å². The lowest BCUT2D eigenvalue weighted by atomic mass is 10.0. The number of benzene rings is 3. The Kier molecular flexibility index (Phi) is 8.63. The van der Waals surface area contributed by atoms with Gasteiger partial charge in [-0.2, -0.15) is 0 Å². The molecule has 5 nitrogen and oxygen atoms in total. The Bertz CT molecular complexity index is 1080. The molecule has 1 amide bonds. The summed E-state index contributed by atoms with van der Waals surface area (Å²) >= 11 is 3.36. The molecule has 6 heteroatoms. The van der Waals surface area contributed by atoms with Gasteiger partial charge in [-0.3, -0.25) is 4.79 Å². The van der Waals surface area contributed by atoms with Gasteiger partial charge in [0.2, 0.25) is 5.91 Å². The number of halogens is 1. The van der Waals surface area contributed by atoms with E-state index in [0.717, 1.165) is 28.4 Å². The first kappa shape index (κ1) is 23.3. The van der Waals surface area contributed by atoms with E-state index >= 15 is 0 Å². The quantitative estimate of drug-likeness (QED) is 0.173. The third-order valence-electron chi connectivity index (χ3n) is 4.65. The number of rotatable bonds is 9. The van der Waals surface area contributed by atoms with E-state index in [0.29, 0.717) is 18.0 Å². The second kappa shape index (κ2) is 11.9. The SMILES string of the molecule is COC(=O)c1ccc(OCCCBr)cc1NC(=O)/C=C/c1ccc(-c2ccccc2)cc1. The van der Waals surface area contributed by atoms with Gasteiger partial charge in [0.15, 0.2) is 0 Å². The van der Waals surface area contributed by atoms with Gasteiger partial charge in [-0.25, -0.2) is 4.79 Å². The molecule has 0 radical (unpaired) electrons. The lowest BCUT2D eigenvalue weighted by molar-refractivity contribution is -0.111. The molecule has 0 aromatic heterocycles. The minimum Gasteiger partial charge on any atom is -0.493 e. The minimum absolute atomic E-state index is 0.259. The van der Waals surface area contributed by atoms with E-state index in [9.17, 15) is 9.59 Å². The molecule has 0 bridgehead atoms. The topological polar surface area (TPSA) is 64.6 Å². The highest BCUT2D eigenvalue weighted by atomic mass is 79.9. The third-order valence-corrected chi connectivity index (χ3v) is 5.21. The standard InChI is InChI=1S/C26H24BrNO4/c1-31-26(30)23-14-13-22(32-17-5-16-27)18-24(23)28-25(29)15-10-19-8-11-21(12-9-19)20-6-3-2-4-7-20/h2-4,6-15,18H,5,16-17H2,1H3,(H,28,29)/b15-10+. The molecule has 0 aliphatic carbocycles. The highest BCUT2D eigenvalue weighted by Gasteiger charge is 2.14. The number of hydrogen-bond acceptors (Lipinski definition) is 4. The first-order valence-electron chi connectivity index (χ1n) is 10.2. The number of esters is 1. The number of alkyl halides is 1. The van der Waals surface area contributed by atoms with Crippen molar-refractivity contribution in [1.82, 2.24) is 0 Å². The fraction of sp³-hybridized carbons (Fsp3) is 0.154. The molecule has 0 fully saturated rings. The number of methoxy groups -OCH3 is 1. The van der Waals surface area contributed by atoms with Gasteiger partial charge in [0.05, 0.1) is 25.0 Å². The van der Waals surface area contributed by atoms with Crippen molar-refractivity contribution in [2.45, 2.75) is 6.42 Å². The van der Waals surface area contributed by atoms with Crippen molar-refractivity contribution in [2.75, 3.05) is 24.4 Å². The zero-order valence-corrected chi connectivity index (χ0v) is 19.3. The van der Waals surface area contributed by atoms with Gasteiger partial charge >= 0.3 is 5.97 Å². The van der Waals surface area contributed by atoms with E-state index in [-0.39, 0.29) is 11.5 Å². The van der Waals surface area contributed by atoms with Crippen molar-refractivity contribution in [1.29, 1.82) is 0 Å². The Morgan fingerprint density at radius 2 is 1.69 bits per heavy atom. The Labute approximate surface area is 196 Å². The van der Waals surface area contributed by atoms with Crippen molar-refractivity contribution in [3.63, 3.8) is 0 Å². The second-order valence-electron chi connectivity index (χ2n) is 6.90. The van der Waals surface area contributed by atoms with Gasteiger partial charge in [0.25, 0.3) is 0 Å². The van der Waals surface area contributed by atoms with E-state index in [1.807, 2.05) is 42.5 Å². The number of hydrogen-bond donors (Lipinski definition) is 1. The van der Waals surface area contributed by atoms with Crippen molar-refractivity contribution in [3.8, 4) is 16.9 Å². The molecule has 0 aliphatic rings. The molecule has 164 valence electrons. The molecule has 32 heavy (non-hydrogen) atoms. The van der Waals surface area contributed by atoms with Crippen LogP contribution in [0.15, 0.2) is 78.9 Å². The zero-order valence-electron chi connectivity index (χ0n) is 17.7. The summed E-state index contributed by atoms with van der Waals surface area (Å²) in [6.45, 7) is 0.523. The number of ether oxygens (including phenoxy) is 2. The Balaban J connectivity index is 1.70. The Morgan fingerprint density at radius 1 is 0.969 bits per heavy atom. The number of nitrogens with one attached hydrogen (secondary N) is 1. The van der Waals surface area contributed by atoms with Gasteiger partial charge < -0.3 is 14.8 Å². The fourth-order valence-corrected chi connectivity index (χ4v) is 3.24.